The lowest BCUT2D eigenvalue weighted by Crippen LogP contribution is -2.34. The summed E-state index contributed by atoms with van der Waals surface area (Å²) in [6.07, 6.45) is 8.13. The van der Waals surface area contributed by atoms with E-state index in [0.29, 0.717) is 22.6 Å². The molecule has 0 amide bonds. The van der Waals surface area contributed by atoms with Crippen LogP contribution in [0.2, 0.25) is 0 Å². The smallest absolute Gasteiger partial charge is 0.201 e. The Morgan fingerprint density at radius 3 is 0.901 bits per heavy atom. The van der Waals surface area contributed by atoms with Crippen LogP contribution in [0.25, 0.3) is 89.5 Å². The van der Waals surface area contributed by atoms with Gasteiger partial charge >= 0.3 is 0 Å². The Labute approximate surface area is 624 Å². The van der Waals surface area contributed by atoms with Crippen LogP contribution in [0, 0.1) is 82.9 Å². The van der Waals surface area contributed by atoms with Crippen LogP contribution in [0.3, 0.4) is 0 Å². The van der Waals surface area contributed by atoms with E-state index in [0.717, 1.165) is 61.5 Å². The van der Waals surface area contributed by atoms with Crippen molar-refractivity contribution in [1.82, 2.24) is 0 Å². The molecule has 0 aliphatic carbocycles. The molecule has 0 radical (unpaired) electrons. The molecule has 0 aliphatic heterocycles. The summed E-state index contributed by atoms with van der Waals surface area (Å²) < 4.78 is 97.2. The van der Waals surface area contributed by atoms with E-state index in [-0.39, 0.29) is 16.5 Å². The summed E-state index contributed by atoms with van der Waals surface area (Å²) in [6, 6.07) is 65.6. The Morgan fingerprint density at radius 2 is 0.564 bits per heavy atom. The maximum Gasteiger partial charge on any atom is 0.212 e. The molecule has 0 aliphatic rings. The Bertz CT molecular complexity index is 5390. The van der Waals surface area contributed by atoms with Crippen molar-refractivity contribution in [2.45, 2.75) is 168 Å². The highest BCUT2D eigenvalue weighted by Crippen LogP contribution is 2.38. The molecule has 0 fully saturated rings. The zero-order chi connectivity index (χ0) is 82.8. The van der Waals surface area contributed by atoms with Crippen LogP contribution in [0.15, 0.2) is 219 Å². The highest BCUT2D eigenvalue weighted by Gasteiger charge is 2.26. The standard InChI is InChI=1S/C25H30N.3C24H28N/c1-17-13-18(2)22(15-21(17)20-11-9-8-10-12-20)24-14-19(3)23(16-26(24)7)25(4,5)6;2*1-16(2)21-14-24(25(6)15-19(21)5)23-13-22(17(3)12-18(23)4)20-10-8-7-9-11-20;1-16(2)23-15-25(6)24(13-19(23)5)22-14-21(17(3)12-18(22)4)20-10-8-7-9-11-20/h8-16H,1-7H3;3*7-16H,1-6H3/q4*+1/i;3D3,5D3,16D;;3D3,16D. The molecular formula is C97H114N4+4. The number of benzene rings is 8. The lowest BCUT2D eigenvalue weighted by Gasteiger charge is -2.21. The van der Waals surface area contributed by atoms with E-state index in [9.17, 15) is 0 Å². The van der Waals surface area contributed by atoms with E-state index in [1.807, 2.05) is 125 Å². The largest absolute Gasteiger partial charge is 0.212 e. The molecule has 0 saturated carbocycles. The second-order valence-corrected chi connectivity index (χ2v) is 29.5. The molecule has 518 valence electrons. The number of hydrogen-bond donors (Lipinski definition) is 0. The second-order valence-electron chi connectivity index (χ2n) is 29.5. The minimum atomic E-state index is -2.35. The molecule has 0 bridgehead atoms. The van der Waals surface area contributed by atoms with Gasteiger partial charge in [0.15, 0.2) is 24.8 Å². The summed E-state index contributed by atoms with van der Waals surface area (Å²) >= 11 is 0. The molecule has 4 heteroatoms. The molecule has 4 heterocycles. The van der Waals surface area contributed by atoms with Crippen molar-refractivity contribution in [2.24, 2.45) is 28.2 Å². The molecule has 12 aromatic rings. The molecule has 4 nitrogen and oxygen atoms in total. The monoisotopic (exact) mass is 1350 g/mol. The molecule has 12 rings (SSSR count). The summed E-state index contributed by atoms with van der Waals surface area (Å²) in [7, 11) is 8.05. The Hall–Kier alpha value is -9.64. The maximum absolute atomic E-state index is 8.54. The minimum absolute atomic E-state index is 0.142. The lowest BCUT2D eigenvalue weighted by atomic mass is 9.84. The van der Waals surface area contributed by atoms with E-state index in [4.69, 9.17) is 15.1 Å². The molecule has 0 N–H and O–H groups in total. The van der Waals surface area contributed by atoms with Crippen molar-refractivity contribution in [2.75, 3.05) is 0 Å². The molecule has 0 unspecified atom stereocenters. The fraction of sp³-hybridized carbons (Fsp3) is 0.299. The Kier molecular flexibility index (Phi) is 19.6. The molecule has 8 aromatic carbocycles. The molecule has 0 atom stereocenters. The maximum atomic E-state index is 8.54. The fourth-order valence-corrected chi connectivity index (χ4v) is 14.2. The number of hydrogen-bond acceptors (Lipinski definition) is 0. The first-order chi connectivity index (χ1) is 52.1. The van der Waals surface area contributed by atoms with Gasteiger partial charge in [-0.05, 0) is 242 Å². The predicted octanol–water partition coefficient (Wildman–Crippen LogP) is 23.7. The molecule has 4 aromatic heterocycles. The lowest BCUT2D eigenvalue weighted by molar-refractivity contribution is -0.661. The van der Waals surface area contributed by atoms with Gasteiger partial charge in [0.25, 0.3) is 0 Å². The topological polar surface area (TPSA) is 15.5 Å². The van der Waals surface area contributed by atoms with Crippen molar-refractivity contribution < 1.29 is 33.3 Å². The van der Waals surface area contributed by atoms with E-state index < -0.39 is 32.3 Å². The number of pyridine rings is 4. The van der Waals surface area contributed by atoms with Gasteiger partial charge in [0.1, 0.15) is 28.2 Å². The average Bonchev–Trinajstić information content (AvgIpc) is 0.762. The van der Waals surface area contributed by atoms with Gasteiger partial charge in [0.05, 0.1) is 0 Å². The average molecular weight is 1350 g/mol. The number of aryl methyl sites for hydroxylation is 16. The van der Waals surface area contributed by atoms with Crippen LogP contribution in [0.4, 0.5) is 0 Å². The van der Waals surface area contributed by atoms with Gasteiger partial charge < -0.3 is 0 Å². The third kappa shape index (κ3) is 17.6. The van der Waals surface area contributed by atoms with Crippen LogP contribution in [-0.4, -0.2) is 0 Å². The SMILES string of the molecule is Cc1cc(C)c(-c2cc(C(C)C)c(C)c[n+]2C)cc1-c1ccccc1.Cc1cc(C)c(-c2cc(C)c(C(C)(C)C)c[n+]2C)cc1-c1ccccc1.[2H]C([2H])([2H])c1cc(C)c(-c2cc(C([2H])(C)C)c(C([2H])([2H])[2H])c[n+]2C)cc1-c1ccccc1.[2H]C([2H])([2H])c1cc(C)c(-c2cc(C)c(C([2H])(C)C)c[n+]2C)cc1-c1ccccc1. The Morgan fingerprint density at radius 1 is 0.277 bits per heavy atom. The summed E-state index contributed by atoms with van der Waals surface area (Å²) in [5, 5.41) is 0. The van der Waals surface area contributed by atoms with Gasteiger partial charge in [0, 0.05) is 83.9 Å². The van der Waals surface area contributed by atoms with Crippen molar-refractivity contribution in [1.29, 1.82) is 0 Å². The second kappa shape index (κ2) is 32.3. The van der Waals surface area contributed by atoms with Crippen molar-refractivity contribution in [3.63, 3.8) is 0 Å². The zero-order valence-electron chi connectivity index (χ0n) is 75.2. The van der Waals surface area contributed by atoms with Crippen LogP contribution < -0.4 is 18.3 Å². The van der Waals surface area contributed by atoms with E-state index in [1.54, 1.807) is 49.9 Å². The Balaban J connectivity index is 0.000000172. The first-order valence-electron chi connectivity index (χ1n) is 40.9. The van der Waals surface area contributed by atoms with E-state index in [1.165, 1.54) is 89.3 Å². The highest BCUT2D eigenvalue weighted by molar-refractivity contribution is 5.80. The van der Waals surface area contributed by atoms with E-state index in [2.05, 4.69) is 215 Å². The van der Waals surface area contributed by atoms with Gasteiger partial charge in [-0.25, -0.2) is 18.3 Å². The van der Waals surface area contributed by atoms with Crippen molar-refractivity contribution in [3.8, 4) is 89.5 Å². The normalized spacial score (nSPS) is 13.5. The zero-order valence-corrected chi connectivity index (χ0v) is 64.2. The minimum Gasteiger partial charge on any atom is -0.201 e. The van der Waals surface area contributed by atoms with Crippen LogP contribution in [0.1, 0.15) is 184 Å². The molecule has 101 heavy (non-hydrogen) atoms. The summed E-state index contributed by atoms with van der Waals surface area (Å²) in [5.74, 6) is -1.28. The van der Waals surface area contributed by atoms with Gasteiger partial charge in [0.2, 0.25) is 22.8 Å². The van der Waals surface area contributed by atoms with Gasteiger partial charge in [-0.2, -0.15) is 0 Å². The summed E-state index contributed by atoms with van der Waals surface area (Å²) in [5.41, 5.74) is 32.8. The predicted molar refractivity (Wildman–Crippen MR) is 432 cm³/mol. The van der Waals surface area contributed by atoms with Crippen molar-refractivity contribution >= 4 is 0 Å². The molecule has 0 spiro atoms. The van der Waals surface area contributed by atoms with E-state index >= 15 is 0 Å². The highest BCUT2D eigenvalue weighted by atomic mass is 14.9. The molecular weight excluding hydrogens is 1220 g/mol. The third-order valence-corrected chi connectivity index (χ3v) is 19.6. The first-order valence-corrected chi connectivity index (χ1v) is 35.4. The first kappa shape index (κ1) is 61.2. The number of rotatable bonds is 11. The molecule has 0 saturated heterocycles. The summed E-state index contributed by atoms with van der Waals surface area (Å²) in [4.78, 5) is 0. The number of nitrogens with zero attached hydrogens (tertiary/aromatic N) is 4. The van der Waals surface area contributed by atoms with Gasteiger partial charge in [-0.1, -0.05) is 208 Å². The van der Waals surface area contributed by atoms with Crippen LogP contribution in [0.5, 0.6) is 0 Å². The summed E-state index contributed by atoms with van der Waals surface area (Å²) in [6.45, 7) is 30.8. The fourth-order valence-electron chi connectivity index (χ4n) is 14.2. The van der Waals surface area contributed by atoms with Gasteiger partial charge in [-0.3, -0.25) is 0 Å². The number of aromatic nitrogens is 4. The third-order valence-electron chi connectivity index (χ3n) is 19.6. The van der Waals surface area contributed by atoms with Gasteiger partial charge in [-0.15, -0.1) is 0 Å². The van der Waals surface area contributed by atoms with Crippen LogP contribution in [-0.2, 0) is 33.6 Å². The van der Waals surface area contributed by atoms with Crippen LogP contribution >= 0.6 is 0 Å². The van der Waals surface area contributed by atoms with Crippen molar-refractivity contribution in [3.05, 3.63) is 308 Å². The quantitative estimate of drug-likeness (QED) is 0.115.